The maximum atomic E-state index is 13.0. The highest BCUT2D eigenvalue weighted by atomic mass is 16.5. The van der Waals surface area contributed by atoms with Crippen LogP contribution in [0, 0.1) is 11.8 Å². The van der Waals surface area contributed by atoms with E-state index in [1.165, 1.54) is 141 Å². The highest BCUT2D eigenvalue weighted by molar-refractivity contribution is 5.76. The molecule has 0 fully saturated rings. The van der Waals surface area contributed by atoms with Gasteiger partial charge in [0.15, 0.2) is 0 Å². The highest BCUT2D eigenvalue weighted by Crippen LogP contribution is 2.23. The minimum atomic E-state index is 0.0208. The second kappa shape index (κ2) is 53.7. The summed E-state index contributed by atoms with van der Waals surface area (Å²) in [7, 11) is 2.24. The van der Waals surface area contributed by atoms with Crippen molar-refractivity contribution >= 4 is 23.8 Å². The molecule has 0 rings (SSSR count). The van der Waals surface area contributed by atoms with Gasteiger partial charge in [0.05, 0.1) is 25.0 Å². The summed E-state index contributed by atoms with van der Waals surface area (Å²) in [5.74, 6) is 0.735. The van der Waals surface area contributed by atoms with Crippen LogP contribution < -0.4 is 0 Å². The van der Waals surface area contributed by atoms with E-state index in [9.17, 15) is 19.2 Å². The minimum Gasteiger partial charge on any atom is -0.465 e. The molecule has 0 N–H and O–H groups in total. The molecule has 0 radical (unpaired) electrons. The zero-order chi connectivity index (χ0) is 53.0. The average Bonchev–Trinajstić information content (AvgIpc) is 3.38. The number of carbonyl (C=O) groups excluding carboxylic acids is 4. The van der Waals surface area contributed by atoms with Crippen LogP contribution in [0.15, 0.2) is 0 Å². The number of unbranched alkanes of at least 4 members (excludes halogenated alkanes) is 28. The van der Waals surface area contributed by atoms with Gasteiger partial charge < -0.3 is 24.2 Å². The number of esters is 2. The molecule has 0 aliphatic carbocycles. The van der Waals surface area contributed by atoms with E-state index in [0.29, 0.717) is 26.1 Å². The van der Waals surface area contributed by atoms with E-state index in [2.05, 4.69) is 53.5 Å². The van der Waals surface area contributed by atoms with E-state index in [1.54, 1.807) is 0 Å². The standard InChI is InChI=1S/C63H123N3O6/c1-8-14-18-22-26-36-48-58(46-34-20-16-10-3)62(69)71-56-44-32-42-54-65(12-5)60(67)50-38-28-24-30-40-52-64(7)53-41-31-25-29-39-51-61(68)66(13-6)55-43-33-45-57-72-63(70)59(47-35-21-17-11-4)49-37-27-23-19-15-9-2/h58-59H,8-57H2,1-7H3. The van der Waals surface area contributed by atoms with E-state index >= 15 is 0 Å². The number of hydrogen-bond acceptors (Lipinski definition) is 7. The second-order valence-corrected chi connectivity index (χ2v) is 21.9. The van der Waals surface area contributed by atoms with Gasteiger partial charge in [-0.3, -0.25) is 19.2 Å². The van der Waals surface area contributed by atoms with Crippen LogP contribution in [0.5, 0.6) is 0 Å². The van der Waals surface area contributed by atoms with Crippen molar-refractivity contribution in [3.8, 4) is 0 Å². The van der Waals surface area contributed by atoms with Crippen LogP contribution >= 0.6 is 0 Å². The first-order chi connectivity index (χ1) is 35.2. The van der Waals surface area contributed by atoms with Gasteiger partial charge in [-0.05, 0) is 124 Å². The Morgan fingerprint density at radius 1 is 0.319 bits per heavy atom. The van der Waals surface area contributed by atoms with Gasteiger partial charge in [0.2, 0.25) is 11.8 Å². The average molecular weight is 1020 g/mol. The van der Waals surface area contributed by atoms with E-state index < -0.39 is 0 Å². The van der Waals surface area contributed by atoms with Gasteiger partial charge in [-0.25, -0.2) is 0 Å². The van der Waals surface area contributed by atoms with Gasteiger partial charge in [-0.15, -0.1) is 0 Å². The molecule has 2 atom stereocenters. The van der Waals surface area contributed by atoms with Gasteiger partial charge in [0.25, 0.3) is 0 Å². The van der Waals surface area contributed by atoms with Crippen molar-refractivity contribution in [2.45, 2.75) is 311 Å². The quantitative estimate of drug-likeness (QED) is 0.0442. The Hall–Kier alpha value is -2.16. The fourth-order valence-electron chi connectivity index (χ4n) is 10.2. The molecule has 2 amide bonds. The topological polar surface area (TPSA) is 96.5 Å². The van der Waals surface area contributed by atoms with E-state index in [0.717, 1.165) is 155 Å². The normalized spacial score (nSPS) is 12.3. The number of ether oxygens (including phenoxy) is 2. The lowest BCUT2D eigenvalue weighted by molar-refractivity contribution is -0.150. The van der Waals surface area contributed by atoms with E-state index in [4.69, 9.17) is 9.47 Å². The fraction of sp³-hybridized carbons (Fsp3) is 0.937. The molecule has 0 bridgehead atoms. The van der Waals surface area contributed by atoms with Crippen molar-refractivity contribution in [2.75, 3.05) is 59.5 Å². The first-order valence-corrected chi connectivity index (χ1v) is 31.8. The molecule has 0 saturated heterocycles. The van der Waals surface area contributed by atoms with Crippen LogP contribution in [0.1, 0.15) is 311 Å². The van der Waals surface area contributed by atoms with Gasteiger partial charge >= 0.3 is 11.9 Å². The largest absolute Gasteiger partial charge is 0.465 e. The third-order valence-corrected chi connectivity index (χ3v) is 15.3. The summed E-state index contributed by atoms with van der Waals surface area (Å²) in [5, 5.41) is 0. The molecule has 9 heteroatoms. The summed E-state index contributed by atoms with van der Waals surface area (Å²) in [6.45, 7) is 19.5. The van der Waals surface area contributed by atoms with Crippen molar-refractivity contribution in [3.05, 3.63) is 0 Å². The molecule has 0 saturated carbocycles. The monoisotopic (exact) mass is 1020 g/mol. The Morgan fingerprint density at radius 2 is 0.583 bits per heavy atom. The first-order valence-electron chi connectivity index (χ1n) is 31.8. The zero-order valence-electron chi connectivity index (χ0n) is 49.3. The minimum absolute atomic E-state index is 0.0208. The molecule has 0 aromatic rings. The molecule has 0 aromatic heterocycles. The van der Waals surface area contributed by atoms with Crippen LogP contribution in [0.3, 0.4) is 0 Å². The number of hydrogen-bond donors (Lipinski definition) is 0. The maximum Gasteiger partial charge on any atom is 0.308 e. The van der Waals surface area contributed by atoms with Crippen LogP contribution in [0.25, 0.3) is 0 Å². The Labute approximate surface area is 448 Å². The molecule has 0 aliphatic heterocycles. The Balaban J connectivity index is 4.04. The van der Waals surface area contributed by atoms with Gasteiger partial charge in [-0.1, -0.05) is 195 Å². The first kappa shape index (κ1) is 69.8. The summed E-state index contributed by atoms with van der Waals surface area (Å²) in [4.78, 5) is 58.4. The Bertz CT molecular complexity index is 1130. The number of rotatable bonds is 56. The molecule has 0 spiro atoms. The second-order valence-electron chi connectivity index (χ2n) is 21.9. The zero-order valence-corrected chi connectivity index (χ0v) is 49.3. The lowest BCUT2D eigenvalue weighted by Gasteiger charge is -2.21. The van der Waals surface area contributed by atoms with Gasteiger partial charge in [0, 0.05) is 39.0 Å². The van der Waals surface area contributed by atoms with Crippen molar-refractivity contribution in [3.63, 3.8) is 0 Å². The number of nitrogens with zero attached hydrogens (tertiary/aromatic N) is 3. The summed E-state index contributed by atoms with van der Waals surface area (Å²) >= 11 is 0. The summed E-state index contributed by atoms with van der Waals surface area (Å²) in [6, 6.07) is 0. The maximum absolute atomic E-state index is 13.0. The molecular formula is C63H123N3O6. The highest BCUT2D eigenvalue weighted by Gasteiger charge is 2.21. The fourth-order valence-corrected chi connectivity index (χ4v) is 10.2. The van der Waals surface area contributed by atoms with Crippen molar-refractivity contribution in [2.24, 2.45) is 11.8 Å². The lowest BCUT2D eigenvalue weighted by atomic mass is 9.94. The SMILES string of the molecule is CCCCCCCCC(CCCCCC)C(=O)OCCCCCN(CC)C(=O)CCCCCCCN(C)CCCCCCCC(=O)N(CC)CCCCCOC(=O)C(CCCCCC)CCCCCCCC. The molecule has 426 valence electrons. The van der Waals surface area contributed by atoms with Gasteiger partial charge in [-0.2, -0.15) is 0 Å². The molecule has 2 unspecified atom stereocenters. The van der Waals surface area contributed by atoms with Gasteiger partial charge in [0.1, 0.15) is 0 Å². The van der Waals surface area contributed by atoms with Crippen LogP contribution in [0.2, 0.25) is 0 Å². The molecule has 0 heterocycles. The third kappa shape index (κ3) is 43.1. The molecule has 9 nitrogen and oxygen atoms in total. The predicted octanol–water partition coefficient (Wildman–Crippen LogP) is 17.4. The van der Waals surface area contributed by atoms with Crippen LogP contribution in [-0.4, -0.2) is 98.0 Å². The smallest absolute Gasteiger partial charge is 0.308 e. The van der Waals surface area contributed by atoms with Crippen molar-refractivity contribution in [1.82, 2.24) is 14.7 Å². The Morgan fingerprint density at radius 3 is 0.917 bits per heavy atom. The van der Waals surface area contributed by atoms with Crippen LogP contribution in [-0.2, 0) is 28.7 Å². The van der Waals surface area contributed by atoms with E-state index in [1.807, 2.05) is 9.80 Å². The summed E-state index contributed by atoms with van der Waals surface area (Å²) < 4.78 is 11.6. The number of carbonyl (C=O) groups is 4. The lowest BCUT2D eigenvalue weighted by Crippen LogP contribution is -2.31. The molecule has 0 aliphatic rings. The van der Waals surface area contributed by atoms with Crippen molar-refractivity contribution < 1.29 is 28.7 Å². The predicted molar refractivity (Wildman–Crippen MR) is 308 cm³/mol. The molecular weight excluding hydrogens is 895 g/mol. The van der Waals surface area contributed by atoms with Crippen LogP contribution in [0.4, 0.5) is 0 Å². The molecule has 0 aromatic carbocycles. The summed E-state index contributed by atoms with van der Waals surface area (Å²) in [5.41, 5.74) is 0. The summed E-state index contributed by atoms with van der Waals surface area (Å²) in [6.07, 6.45) is 46.9. The molecule has 72 heavy (non-hydrogen) atoms. The third-order valence-electron chi connectivity index (χ3n) is 15.3. The Kier molecular flexibility index (Phi) is 52.0. The van der Waals surface area contributed by atoms with Crippen molar-refractivity contribution in [1.29, 1.82) is 0 Å². The van der Waals surface area contributed by atoms with E-state index in [-0.39, 0.29) is 35.6 Å². The number of amides is 2.